The average molecular weight is 595 g/mol. The Balaban J connectivity index is 1.62. The van der Waals surface area contributed by atoms with Crippen molar-refractivity contribution in [3.8, 4) is 5.75 Å². The molecule has 0 unspecified atom stereocenters. The van der Waals surface area contributed by atoms with Gasteiger partial charge in [-0.2, -0.15) is 0 Å². The molecule has 0 aliphatic carbocycles. The van der Waals surface area contributed by atoms with Crippen molar-refractivity contribution < 1.29 is 14.6 Å². The number of anilines is 2. The Morgan fingerprint density at radius 1 is 1.09 bits per heavy atom. The van der Waals surface area contributed by atoms with Gasteiger partial charge in [0.15, 0.2) is 0 Å². The Morgan fingerprint density at radius 3 is 2.58 bits per heavy atom. The fourth-order valence-corrected chi connectivity index (χ4v) is 4.09. The fourth-order valence-electron chi connectivity index (χ4n) is 3.15. The third-order valence-corrected chi connectivity index (χ3v) is 5.91. The lowest BCUT2D eigenvalue weighted by molar-refractivity contribution is 0.0698. The number of nitrogens with zero attached hydrogens (tertiary/aromatic N) is 3. The normalized spacial score (nSPS) is 10.8. The van der Waals surface area contributed by atoms with Gasteiger partial charge in [-0.15, -0.1) is 5.10 Å². The van der Waals surface area contributed by atoms with Crippen molar-refractivity contribution in [2.24, 2.45) is 0 Å². The summed E-state index contributed by atoms with van der Waals surface area (Å²) in [6.07, 6.45) is 1.79. The first-order valence-electron chi connectivity index (χ1n) is 9.74. The highest BCUT2D eigenvalue weighted by atomic mass is 127. The number of rotatable bonds is 8. The van der Waals surface area contributed by atoms with Crippen LogP contribution in [0, 0.1) is 3.70 Å². The molecule has 7 nitrogen and oxygen atoms in total. The third-order valence-electron chi connectivity index (χ3n) is 4.72. The van der Waals surface area contributed by atoms with E-state index in [0.29, 0.717) is 35.3 Å². The summed E-state index contributed by atoms with van der Waals surface area (Å²) in [5, 5.41) is 21.3. The topological polar surface area (TPSA) is 89.3 Å². The zero-order chi connectivity index (χ0) is 23.4. The van der Waals surface area contributed by atoms with Crippen LogP contribution in [0.4, 0.5) is 11.4 Å². The van der Waals surface area contributed by atoms with E-state index in [-0.39, 0.29) is 10.6 Å². The lowest BCUT2D eigenvalue weighted by Crippen LogP contribution is -2.07. The molecule has 33 heavy (non-hydrogen) atoms. The molecule has 0 saturated heterocycles. The number of halogens is 3. The van der Waals surface area contributed by atoms with Crippen LogP contribution < -0.4 is 10.1 Å². The predicted octanol–water partition coefficient (Wildman–Crippen LogP) is 6.26. The van der Waals surface area contributed by atoms with Crippen molar-refractivity contribution in [1.82, 2.24) is 15.0 Å². The Kier molecular flexibility index (Phi) is 7.36. The smallest absolute Gasteiger partial charge is 0.337 e. The van der Waals surface area contributed by atoms with Crippen LogP contribution in [0.15, 0.2) is 66.9 Å². The first kappa shape index (κ1) is 23.3. The summed E-state index contributed by atoms with van der Waals surface area (Å²) >= 11 is 15.1. The highest BCUT2D eigenvalue weighted by Gasteiger charge is 2.17. The van der Waals surface area contributed by atoms with Gasteiger partial charge in [0.05, 0.1) is 34.7 Å². The molecule has 1 aromatic heterocycles. The minimum absolute atomic E-state index is 0.0784. The van der Waals surface area contributed by atoms with Gasteiger partial charge in [0.2, 0.25) is 0 Å². The van der Waals surface area contributed by atoms with Crippen LogP contribution in [0.3, 0.4) is 0 Å². The molecular weight excluding hydrogens is 578 g/mol. The molecule has 0 bridgehead atoms. The maximum atomic E-state index is 11.8. The van der Waals surface area contributed by atoms with Gasteiger partial charge in [-0.05, 0) is 58.0 Å². The van der Waals surface area contributed by atoms with Crippen LogP contribution in [0.25, 0.3) is 0 Å². The van der Waals surface area contributed by atoms with Crippen molar-refractivity contribution in [2.75, 3.05) is 5.32 Å². The Hall–Kier alpha value is -2.82. The zero-order valence-electron chi connectivity index (χ0n) is 17.0. The van der Waals surface area contributed by atoms with Gasteiger partial charge in [-0.1, -0.05) is 64.8 Å². The van der Waals surface area contributed by atoms with Gasteiger partial charge in [-0.25, -0.2) is 9.48 Å². The lowest BCUT2D eigenvalue weighted by atomic mass is 10.1. The molecule has 0 saturated carbocycles. The van der Waals surface area contributed by atoms with E-state index in [4.69, 9.17) is 27.9 Å². The van der Waals surface area contributed by atoms with Gasteiger partial charge in [0.1, 0.15) is 21.1 Å². The molecule has 4 aromatic rings. The molecule has 1 heterocycles. The molecule has 0 spiro atoms. The quantitative estimate of drug-likeness (QED) is 0.234. The Morgan fingerprint density at radius 2 is 1.88 bits per heavy atom. The second-order valence-corrected chi connectivity index (χ2v) is 8.95. The Labute approximate surface area is 213 Å². The van der Waals surface area contributed by atoms with E-state index in [1.807, 2.05) is 30.3 Å². The summed E-state index contributed by atoms with van der Waals surface area (Å²) in [4.78, 5) is 11.8. The average Bonchev–Trinajstić information content (AvgIpc) is 3.21. The van der Waals surface area contributed by atoms with E-state index in [1.165, 1.54) is 6.07 Å². The second kappa shape index (κ2) is 10.4. The molecule has 0 aliphatic heterocycles. The number of carbonyl (C=O) groups is 1. The number of ether oxygens (including phenoxy) is 1. The van der Waals surface area contributed by atoms with Crippen molar-refractivity contribution in [1.29, 1.82) is 0 Å². The minimum Gasteiger partial charge on any atom is -0.487 e. The molecule has 3 aromatic carbocycles. The van der Waals surface area contributed by atoms with Crippen molar-refractivity contribution in [2.45, 2.75) is 13.2 Å². The monoisotopic (exact) mass is 594 g/mol. The van der Waals surface area contributed by atoms with E-state index in [1.54, 1.807) is 35.1 Å². The highest BCUT2D eigenvalue weighted by Crippen LogP contribution is 2.40. The van der Waals surface area contributed by atoms with Gasteiger partial charge < -0.3 is 15.2 Å². The molecule has 2 N–H and O–H groups in total. The zero-order valence-corrected chi connectivity index (χ0v) is 20.7. The molecule has 168 valence electrons. The van der Waals surface area contributed by atoms with Crippen LogP contribution in [-0.2, 0) is 13.2 Å². The summed E-state index contributed by atoms with van der Waals surface area (Å²) in [5.74, 6) is -0.652. The van der Waals surface area contributed by atoms with Gasteiger partial charge >= 0.3 is 5.97 Å². The lowest BCUT2D eigenvalue weighted by Gasteiger charge is -2.17. The third kappa shape index (κ3) is 5.76. The van der Waals surface area contributed by atoms with Crippen LogP contribution in [0.2, 0.25) is 10.0 Å². The Bertz CT molecular complexity index is 1300. The molecule has 0 atom stereocenters. The largest absolute Gasteiger partial charge is 0.487 e. The number of nitrogens with one attached hydrogen (secondary N) is 1. The SMILES string of the molecule is O=C(O)c1ccc(Cn2cc(I)nn2)cc1Nc1c(Cl)ccc(OCc2ccccc2)c1Cl. The number of aromatic carboxylic acids is 1. The van der Waals surface area contributed by atoms with Gasteiger partial charge in [-0.3, -0.25) is 0 Å². The summed E-state index contributed by atoms with van der Waals surface area (Å²) in [7, 11) is 0. The predicted molar refractivity (Wildman–Crippen MR) is 136 cm³/mol. The van der Waals surface area contributed by atoms with E-state index < -0.39 is 5.97 Å². The number of carboxylic acid groups (broad SMARTS) is 1. The molecule has 10 heteroatoms. The summed E-state index contributed by atoms with van der Waals surface area (Å²) < 4.78 is 8.30. The first-order chi connectivity index (χ1) is 15.9. The van der Waals surface area contributed by atoms with E-state index in [9.17, 15) is 9.90 Å². The summed E-state index contributed by atoms with van der Waals surface area (Å²) in [6, 6.07) is 18.0. The molecule has 0 radical (unpaired) electrons. The van der Waals surface area contributed by atoms with E-state index in [0.717, 1.165) is 14.8 Å². The molecule has 0 aliphatic rings. The van der Waals surface area contributed by atoms with Crippen molar-refractivity contribution >= 4 is 63.1 Å². The number of hydrogen-bond donors (Lipinski definition) is 2. The minimum atomic E-state index is -1.08. The molecule has 0 amide bonds. The van der Waals surface area contributed by atoms with Crippen LogP contribution >= 0.6 is 45.8 Å². The molecule has 0 fully saturated rings. The van der Waals surface area contributed by atoms with Crippen LogP contribution in [0.5, 0.6) is 5.75 Å². The van der Waals surface area contributed by atoms with E-state index in [2.05, 4.69) is 38.2 Å². The van der Waals surface area contributed by atoms with Crippen LogP contribution in [-0.4, -0.2) is 26.1 Å². The number of carboxylic acids is 1. The first-order valence-corrected chi connectivity index (χ1v) is 11.6. The van der Waals surface area contributed by atoms with Gasteiger partial charge in [0.25, 0.3) is 0 Å². The summed E-state index contributed by atoms with van der Waals surface area (Å²) in [5.41, 5.74) is 2.60. The molecule has 4 rings (SSSR count). The fraction of sp³-hybridized carbons (Fsp3) is 0.0870. The number of benzene rings is 3. The van der Waals surface area contributed by atoms with E-state index >= 15 is 0 Å². The maximum Gasteiger partial charge on any atom is 0.337 e. The number of hydrogen-bond acceptors (Lipinski definition) is 5. The second-order valence-electron chi connectivity index (χ2n) is 7.06. The van der Waals surface area contributed by atoms with Crippen molar-refractivity contribution in [3.05, 3.63) is 97.3 Å². The van der Waals surface area contributed by atoms with Crippen molar-refractivity contribution in [3.63, 3.8) is 0 Å². The molecular formula is C23H17Cl2IN4O3. The van der Waals surface area contributed by atoms with Crippen LogP contribution in [0.1, 0.15) is 21.5 Å². The standard InChI is InChI=1S/C23H17Cl2IN4O3/c24-17-8-9-19(33-13-14-4-2-1-3-5-14)21(25)22(17)27-18-10-15(6-7-16(18)23(31)32)11-30-12-20(26)28-29-30/h1-10,12,27H,11,13H2,(H,31,32). The van der Waals surface area contributed by atoms with Gasteiger partial charge in [0, 0.05) is 0 Å². The summed E-state index contributed by atoms with van der Waals surface area (Å²) in [6.45, 7) is 0.750. The highest BCUT2D eigenvalue weighted by molar-refractivity contribution is 14.1. The number of aromatic nitrogens is 3. The maximum absolute atomic E-state index is 11.8.